The van der Waals surface area contributed by atoms with Crippen molar-refractivity contribution in [1.29, 1.82) is 0 Å². The first-order chi connectivity index (χ1) is 8.35. The van der Waals surface area contributed by atoms with Gasteiger partial charge in [-0.05, 0) is 56.8 Å². The Morgan fingerprint density at radius 3 is 2.41 bits per heavy atom. The predicted octanol–water partition coefficient (Wildman–Crippen LogP) is 3.67. The average Bonchev–Trinajstić information content (AvgIpc) is 2.60. The molecule has 2 nitrogen and oxygen atoms in total. The molecule has 2 fully saturated rings. The van der Waals surface area contributed by atoms with Gasteiger partial charge in [-0.3, -0.25) is 0 Å². The monoisotopic (exact) mass is 352 g/mol. The summed E-state index contributed by atoms with van der Waals surface area (Å²) in [5, 5.41) is 0. The maximum absolute atomic E-state index is 6.06. The van der Waals surface area contributed by atoms with Crippen molar-refractivity contribution in [3.05, 3.63) is 0 Å². The summed E-state index contributed by atoms with van der Waals surface area (Å²) in [5.41, 5.74) is 0. The Morgan fingerprint density at radius 2 is 1.88 bits per heavy atom. The number of ether oxygens (including phenoxy) is 2. The van der Waals surface area contributed by atoms with E-state index in [1.54, 1.807) is 0 Å². The van der Waals surface area contributed by atoms with E-state index < -0.39 is 0 Å². The first-order valence-corrected chi connectivity index (χ1v) is 8.63. The molecule has 0 spiro atoms. The van der Waals surface area contributed by atoms with Crippen LogP contribution in [0.5, 0.6) is 0 Å². The first kappa shape index (κ1) is 14.1. The van der Waals surface area contributed by atoms with Crippen LogP contribution in [0.2, 0.25) is 0 Å². The van der Waals surface area contributed by atoms with Crippen LogP contribution in [0.1, 0.15) is 39.0 Å². The van der Waals surface area contributed by atoms with Crippen LogP contribution in [-0.4, -0.2) is 30.4 Å². The molecule has 3 unspecified atom stereocenters. The topological polar surface area (TPSA) is 18.5 Å². The van der Waals surface area contributed by atoms with Gasteiger partial charge in [-0.1, -0.05) is 22.6 Å². The van der Waals surface area contributed by atoms with Gasteiger partial charge in [-0.15, -0.1) is 0 Å². The van der Waals surface area contributed by atoms with Crippen LogP contribution in [0.25, 0.3) is 0 Å². The molecule has 17 heavy (non-hydrogen) atoms. The minimum absolute atomic E-state index is 0.498. The molecule has 3 heteroatoms. The van der Waals surface area contributed by atoms with Crippen LogP contribution in [0, 0.1) is 17.8 Å². The Labute approximate surface area is 119 Å². The van der Waals surface area contributed by atoms with E-state index in [1.165, 1.54) is 36.5 Å². The molecule has 2 rings (SSSR count). The van der Waals surface area contributed by atoms with Crippen molar-refractivity contribution in [3.63, 3.8) is 0 Å². The molecule has 0 aliphatic heterocycles. The zero-order valence-electron chi connectivity index (χ0n) is 10.9. The lowest BCUT2D eigenvalue weighted by Crippen LogP contribution is -2.24. The Balaban J connectivity index is 1.71. The summed E-state index contributed by atoms with van der Waals surface area (Å²) in [5.74, 6) is 2.93. The fraction of sp³-hybridized carbons (Fsp3) is 1.00. The number of fused-ring (bicyclic) bond motifs is 1. The predicted molar refractivity (Wildman–Crippen MR) is 78.7 cm³/mol. The lowest BCUT2D eigenvalue weighted by molar-refractivity contribution is -0.0200. The molecule has 0 saturated heterocycles. The minimum atomic E-state index is 0.498. The molecule has 0 aromatic carbocycles. The van der Waals surface area contributed by atoms with Crippen molar-refractivity contribution < 1.29 is 9.47 Å². The number of rotatable bonds is 8. The molecule has 0 radical (unpaired) electrons. The van der Waals surface area contributed by atoms with Gasteiger partial charge in [-0.25, -0.2) is 0 Å². The molecule has 2 aliphatic carbocycles. The van der Waals surface area contributed by atoms with E-state index >= 15 is 0 Å². The lowest BCUT2D eigenvalue weighted by Gasteiger charge is -2.29. The van der Waals surface area contributed by atoms with Crippen LogP contribution in [0.3, 0.4) is 0 Å². The Kier molecular flexibility index (Phi) is 6.03. The van der Waals surface area contributed by atoms with Gasteiger partial charge >= 0.3 is 0 Å². The third-order valence-electron chi connectivity index (χ3n) is 4.47. The van der Waals surface area contributed by atoms with Crippen LogP contribution in [0.4, 0.5) is 0 Å². The molecule has 0 heterocycles. The second-order valence-corrected chi connectivity index (χ2v) is 6.49. The SMILES string of the molecule is CCOCCOC(CCI)C1CC2CCC2C1. The summed E-state index contributed by atoms with van der Waals surface area (Å²) in [6.07, 6.45) is 7.55. The average molecular weight is 352 g/mol. The van der Waals surface area contributed by atoms with Gasteiger partial charge in [0.05, 0.1) is 19.3 Å². The fourth-order valence-corrected chi connectivity index (χ4v) is 4.02. The minimum Gasteiger partial charge on any atom is -0.379 e. The smallest absolute Gasteiger partial charge is 0.0704 e. The second-order valence-electron chi connectivity index (χ2n) is 5.41. The molecule has 2 saturated carbocycles. The van der Waals surface area contributed by atoms with Gasteiger partial charge < -0.3 is 9.47 Å². The first-order valence-electron chi connectivity index (χ1n) is 7.10. The van der Waals surface area contributed by atoms with Gasteiger partial charge in [-0.2, -0.15) is 0 Å². The molecule has 0 bridgehead atoms. The number of halogens is 1. The van der Waals surface area contributed by atoms with Crippen molar-refractivity contribution in [1.82, 2.24) is 0 Å². The van der Waals surface area contributed by atoms with Crippen molar-refractivity contribution in [2.24, 2.45) is 17.8 Å². The summed E-state index contributed by atoms with van der Waals surface area (Å²) < 4.78 is 12.6. The van der Waals surface area contributed by atoms with Gasteiger partial charge in [0, 0.05) is 11.0 Å². The van der Waals surface area contributed by atoms with E-state index in [0.717, 1.165) is 37.6 Å². The number of alkyl halides is 1. The number of hydrogen-bond acceptors (Lipinski definition) is 2. The maximum Gasteiger partial charge on any atom is 0.0704 e. The van der Waals surface area contributed by atoms with Crippen molar-refractivity contribution in [2.75, 3.05) is 24.2 Å². The zero-order valence-corrected chi connectivity index (χ0v) is 13.0. The molecule has 0 aromatic heterocycles. The molecule has 2 aliphatic rings. The van der Waals surface area contributed by atoms with Crippen LogP contribution < -0.4 is 0 Å². The van der Waals surface area contributed by atoms with Gasteiger partial charge in [0.25, 0.3) is 0 Å². The summed E-state index contributed by atoms with van der Waals surface area (Å²) in [6.45, 7) is 4.37. The molecule has 3 atom stereocenters. The third-order valence-corrected chi connectivity index (χ3v) is 5.09. The van der Waals surface area contributed by atoms with Crippen LogP contribution in [0.15, 0.2) is 0 Å². The molecule has 0 amide bonds. The molecular weight excluding hydrogens is 327 g/mol. The van der Waals surface area contributed by atoms with Gasteiger partial charge in [0.15, 0.2) is 0 Å². The quantitative estimate of drug-likeness (QED) is 0.377. The fourth-order valence-electron chi connectivity index (χ4n) is 3.40. The summed E-state index contributed by atoms with van der Waals surface area (Å²) >= 11 is 2.47. The highest BCUT2D eigenvalue weighted by molar-refractivity contribution is 14.1. The van der Waals surface area contributed by atoms with Crippen molar-refractivity contribution in [3.8, 4) is 0 Å². The second kappa shape index (κ2) is 7.29. The molecule has 0 aromatic rings. The van der Waals surface area contributed by atoms with E-state index in [0.29, 0.717) is 6.10 Å². The third kappa shape index (κ3) is 3.80. The Morgan fingerprint density at radius 1 is 1.18 bits per heavy atom. The van der Waals surface area contributed by atoms with Gasteiger partial charge in [0.2, 0.25) is 0 Å². The normalized spacial score (nSPS) is 33.2. The van der Waals surface area contributed by atoms with Gasteiger partial charge in [0.1, 0.15) is 0 Å². The van der Waals surface area contributed by atoms with Crippen molar-refractivity contribution in [2.45, 2.75) is 45.1 Å². The van der Waals surface area contributed by atoms with E-state index in [2.05, 4.69) is 22.6 Å². The van der Waals surface area contributed by atoms with E-state index in [-0.39, 0.29) is 0 Å². The van der Waals surface area contributed by atoms with Crippen molar-refractivity contribution >= 4 is 22.6 Å². The molecular formula is C14H25IO2. The zero-order chi connectivity index (χ0) is 12.1. The van der Waals surface area contributed by atoms with Crippen LogP contribution in [-0.2, 0) is 9.47 Å². The highest BCUT2D eigenvalue weighted by Crippen LogP contribution is 2.51. The Hall–Kier alpha value is 0.650. The maximum atomic E-state index is 6.06. The molecule has 100 valence electrons. The summed E-state index contributed by atoms with van der Waals surface area (Å²) in [7, 11) is 0. The number of hydrogen-bond donors (Lipinski definition) is 0. The highest BCUT2D eigenvalue weighted by atomic mass is 127. The summed E-state index contributed by atoms with van der Waals surface area (Å²) in [6, 6.07) is 0. The van der Waals surface area contributed by atoms with E-state index in [1.807, 2.05) is 6.92 Å². The largest absolute Gasteiger partial charge is 0.379 e. The lowest BCUT2D eigenvalue weighted by atomic mass is 9.77. The standard InChI is InChI=1S/C14H25IO2/c1-2-16-7-8-17-14(5-6-15)13-9-11-3-4-12(11)10-13/h11-14H,2-10H2,1H3. The van der Waals surface area contributed by atoms with Crippen LogP contribution >= 0.6 is 22.6 Å². The Bertz CT molecular complexity index is 210. The summed E-state index contributed by atoms with van der Waals surface area (Å²) in [4.78, 5) is 0. The van der Waals surface area contributed by atoms with E-state index in [4.69, 9.17) is 9.47 Å². The molecule has 0 N–H and O–H groups in total. The van der Waals surface area contributed by atoms with E-state index in [9.17, 15) is 0 Å². The highest BCUT2D eigenvalue weighted by Gasteiger charge is 2.42.